The fraction of sp³-hybridized carbons (Fsp3) is 0.385. The molecule has 0 fully saturated rings. The number of benzene rings is 1. The molecule has 1 aromatic carbocycles. The van der Waals surface area contributed by atoms with Gasteiger partial charge in [-0.2, -0.15) is 0 Å². The van der Waals surface area contributed by atoms with Crippen molar-refractivity contribution in [2.45, 2.75) is 27.7 Å². The lowest BCUT2D eigenvalue weighted by Gasteiger charge is -2.07. The molecule has 0 aliphatic rings. The Bertz CT molecular complexity index is 333. The van der Waals surface area contributed by atoms with Crippen molar-refractivity contribution >= 4 is 6.08 Å². The summed E-state index contributed by atoms with van der Waals surface area (Å²) in [4.78, 5) is 0. The van der Waals surface area contributed by atoms with Crippen LogP contribution < -0.4 is 4.74 Å². The fourth-order valence-corrected chi connectivity index (χ4v) is 1.35. The van der Waals surface area contributed by atoms with Gasteiger partial charge in [-0.05, 0) is 44.9 Å². The molecule has 1 aromatic rings. The summed E-state index contributed by atoms with van der Waals surface area (Å²) in [6.07, 6.45) is 2.15. The molecule has 0 saturated carbocycles. The highest BCUT2D eigenvalue weighted by molar-refractivity contribution is 5.55. The molecule has 0 saturated heterocycles. The van der Waals surface area contributed by atoms with Gasteiger partial charge in [-0.15, -0.1) is 0 Å². The van der Waals surface area contributed by atoms with E-state index in [1.807, 2.05) is 6.92 Å². The summed E-state index contributed by atoms with van der Waals surface area (Å²) in [6.45, 7) is 8.99. The Morgan fingerprint density at radius 3 is 2.64 bits per heavy atom. The summed E-state index contributed by atoms with van der Waals surface area (Å²) in [6, 6.07) is 6.30. The maximum Gasteiger partial charge on any atom is 0.122 e. The van der Waals surface area contributed by atoms with Crippen LogP contribution in [0.2, 0.25) is 0 Å². The van der Waals surface area contributed by atoms with Crippen LogP contribution in [-0.2, 0) is 0 Å². The summed E-state index contributed by atoms with van der Waals surface area (Å²) in [5, 5.41) is 0. The molecule has 0 heterocycles. The van der Waals surface area contributed by atoms with Gasteiger partial charge >= 0.3 is 0 Å². The predicted molar refractivity (Wildman–Crippen MR) is 61.7 cm³/mol. The lowest BCUT2D eigenvalue weighted by atomic mass is 10.1. The van der Waals surface area contributed by atoms with Crippen LogP contribution in [0.3, 0.4) is 0 Å². The van der Waals surface area contributed by atoms with Crippen LogP contribution in [0.1, 0.15) is 31.9 Å². The van der Waals surface area contributed by atoms with E-state index in [0.29, 0.717) is 0 Å². The Morgan fingerprint density at radius 2 is 2.07 bits per heavy atom. The zero-order chi connectivity index (χ0) is 10.6. The van der Waals surface area contributed by atoms with Crippen LogP contribution in [0.15, 0.2) is 23.8 Å². The topological polar surface area (TPSA) is 9.23 Å². The third kappa shape index (κ3) is 2.91. The van der Waals surface area contributed by atoms with E-state index in [-0.39, 0.29) is 0 Å². The zero-order valence-electron chi connectivity index (χ0n) is 9.42. The average molecular weight is 190 g/mol. The number of aryl methyl sites for hydroxylation is 1. The van der Waals surface area contributed by atoms with Gasteiger partial charge in [-0.25, -0.2) is 0 Å². The van der Waals surface area contributed by atoms with Crippen molar-refractivity contribution < 1.29 is 4.74 Å². The minimum Gasteiger partial charge on any atom is -0.494 e. The monoisotopic (exact) mass is 190 g/mol. The SMILES string of the molecule is CCOc1cc(C=C(C)C)ccc1C. The van der Waals surface area contributed by atoms with Crippen molar-refractivity contribution in [3.05, 3.63) is 34.9 Å². The van der Waals surface area contributed by atoms with Gasteiger partial charge in [0.25, 0.3) is 0 Å². The molecule has 0 atom stereocenters. The van der Waals surface area contributed by atoms with Gasteiger partial charge in [0.15, 0.2) is 0 Å². The van der Waals surface area contributed by atoms with Crippen molar-refractivity contribution in [1.29, 1.82) is 0 Å². The number of ether oxygens (including phenoxy) is 1. The van der Waals surface area contributed by atoms with Gasteiger partial charge in [0.05, 0.1) is 6.61 Å². The van der Waals surface area contributed by atoms with Crippen molar-refractivity contribution in [1.82, 2.24) is 0 Å². The molecule has 0 spiro atoms. The lowest BCUT2D eigenvalue weighted by Crippen LogP contribution is -1.94. The summed E-state index contributed by atoms with van der Waals surface area (Å²) in [5.74, 6) is 0.988. The Hall–Kier alpha value is -1.24. The minimum absolute atomic E-state index is 0.721. The van der Waals surface area contributed by atoms with Crippen molar-refractivity contribution in [2.75, 3.05) is 6.61 Å². The highest BCUT2D eigenvalue weighted by Crippen LogP contribution is 2.20. The van der Waals surface area contributed by atoms with E-state index in [2.05, 4.69) is 45.0 Å². The van der Waals surface area contributed by atoms with Crippen LogP contribution in [-0.4, -0.2) is 6.61 Å². The van der Waals surface area contributed by atoms with Gasteiger partial charge in [-0.1, -0.05) is 23.8 Å². The van der Waals surface area contributed by atoms with E-state index in [0.717, 1.165) is 12.4 Å². The van der Waals surface area contributed by atoms with Crippen molar-refractivity contribution in [2.24, 2.45) is 0 Å². The number of hydrogen-bond acceptors (Lipinski definition) is 1. The van der Waals surface area contributed by atoms with Gasteiger partial charge in [-0.3, -0.25) is 0 Å². The molecule has 1 rings (SSSR count). The molecule has 0 amide bonds. The second-order valence-electron chi connectivity index (χ2n) is 3.68. The van der Waals surface area contributed by atoms with E-state index in [4.69, 9.17) is 4.74 Å². The Morgan fingerprint density at radius 1 is 1.36 bits per heavy atom. The van der Waals surface area contributed by atoms with Crippen molar-refractivity contribution in [3.63, 3.8) is 0 Å². The standard InChI is InChI=1S/C13H18O/c1-5-14-13-9-12(8-10(2)3)7-6-11(13)4/h6-9H,5H2,1-4H3. The average Bonchev–Trinajstić information content (AvgIpc) is 2.10. The number of hydrogen-bond donors (Lipinski definition) is 0. The Kier molecular flexibility index (Phi) is 3.75. The van der Waals surface area contributed by atoms with Crippen LogP contribution in [0.5, 0.6) is 5.75 Å². The largest absolute Gasteiger partial charge is 0.494 e. The first-order valence-corrected chi connectivity index (χ1v) is 5.02. The molecule has 0 unspecified atom stereocenters. The van der Waals surface area contributed by atoms with E-state index >= 15 is 0 Å². The summed E-state index contributed by atoms with van der Waals surface area (Å²) in [7, 11) is 0. The zero-order valence-corrected chi connectivity index (χ0v) is 9.42. The Labute approximate surface area is 86.4 Å². The molecule has 14 heavy (non-hydrogen) atoms. The molecule has 0 bridgehead atoms. The molecule has 0 radical (unpaired) electrons. The van der Waals surface area contributed by atoms with Crippen LogP contribution in [0, 0.1) is 6.92 Å². The maximum atomic E-state index is 5.53. The predicted octanol–water partition coefficient (Wildman–Crippen LogP) is 3.82. The molecule has 1 heteroatoms. The maximum absolute atomic E-state index is 5.53. The second-order valence-corrected chi connectivity index (χ2v) is 3.68. The van der Waals surface area contributed by atoms with Gasteiger partial charge < -0.3 is 4.74 Å². The molecule has 76 valence electrons. The summed E-state index contributed by atoms with van der Waals surface area (Å²) < 4.78 is 5.53. The Balaban J connectivity index is 3.00. The molecular formula is C13H18O. The smallest absolute Gasteiger partial charge is 0.122 e. The molecule has 0 aromatic heterocycles. The minimum atomic E-state index is 0.721. The lowest BCUT2D eigenvalue weighted by molar-refractivity contribution is 0.338. The summed E-state index contributed by atoms with van der Waals surface area (Å²) >= 11 is 0. The second kappa shape index (κ2) is 4.85. The van der Waals surface area contributed by atoms with Gasteiger partial charge in [0.2, 0.25) is 0 Å². The van der Waals surface area contributed by atoms with E-state index < -0.39 is 0 Å². The molecule has 0 aliphatic heterocycles. The van der Waals surface area contributed by atoms with Gasteiger partial charge in [0, 0.05) is 0 Å². The molecule has 0 aliphatic carbocycles. The van der Waals surface area contributed by atoms with E-state index in [1.165, 1.54) is 16.7 Å². The molecule has 0 N–H and O–H groups in total. The third-order valence-electron chi connectivity index (χ3n) is 1.97. The molecule has 1 nitrogen and oxygen atoms in total. The third-order valence-corrected chi connectivity index (χ3v) is 1.97. The first-order chi connectivity index (χ1) is 6.63. The first-order valence-electron chi connectivity index (χ1n) is 5.02. The normalized spacial score (nSPS) is 9.71. The number of rotatable bonds is 3. The van der Waals surface area contributed by atoms with E-state index in [1.54, 1.807) is 0 Å². The molecular weight excluding hydrogens is 172 g/mol. The number of allylic oxidation sites excluding steroid dienone is 1. The quantitative estimate of drug-likeness (QED) is 0.704. The van der Waals surface area contributed by atoms with Crippen LogP contribution >= 0.6 is 0 Å². The first kappa shape index (κ1) is 10.8. The van der Waals surface area contributed by atoms with Crippen LogP contribution in [0.4, 0.5) is 0 Å². The van der Waals surface area contributed by atoms with Crippen LogP contribution in [0.25, 0.3) is 6.08 Å². The summed E-state index contributed by atoms with van der Waals surface area (Å²) in [5.41, 5.74) is 3.70. The van der Waals surface area contributed by atoms with Gasteiger partial charge in [0.1, 0.15) is 5.75 Å². The van der Waals surface area contributed by atoms with E-state index in [9.17, 15) is 0 Å². The highest BCUT2D eigenvalue weighted by Gasteiger charge is 1.98. The highest BCUT2D eigenvalue weighted by atomic mass is 16.5. The van der Waals surface area contributed by atoms with Crippen molar-refractivity contribution in [3.8, 4) is 5.75 Å². The fourth-order valence-electron chi connectivity index (χ4n) is 1.35.